The van der Waals surface area contributed by atoms with Gasteiger partial charge in [-0.05, 0) is 39.5 Å². The van der Waals surface area contributed by atoms with E-state index in [1.54, 1.807) is 6.20 Å². The van der Waals surface area contributed by atoms with Gasteiger partial charge in [0.2, 0.25) is 0 Å². The summed E-state index contributed by atoms with van der Waals surface area (Å²) in [5.74, 6) is 0.791. The van der Waals surface area contributed by atoms with E-state index in [2.05, 4.69) is 21.8 Å². The van der Waals surface area contributed by atoms with Crippen molar-refractivity contribution in [2.24, 2.45) is 5.92 Å². The van der Waals surface area contributed by atoms with Crippen molar-refractivity contribution in [3.8, 4) is 0 Å². The summed E-state index contributed by atoms with van der Waals surface area (Å²) < 4.78 is 7.38. The number of nitrogens with zero attached hydrogens (tertiary/aromatic N) is 2. The molecule has 19 heavy (non-hydrogen) atoms. The minimum Gasteiger partial charge on any atom is -0.444 e. The van der Waals surface area contributed by atoms with Crippen LogP contribution in [0.4, 0.5) is 4.79 Å². The van der Waals surface area contributed by atoms with Gasteiger partial charge in [-0.25, -0.2) is 9.78 Å². The van der Waals surface area contributed by atoms with Gasteiger partial charge in [0.25, 0.3) is 0 Å². The van der Waals surface area contributed by atoms with E-state index >= 15 is 0 Å². The van der Waals surface area contributed by atoms with Crippen LogP contribution in [-0.4, -0.2) is 21.2 Å². The van der Waals surface area contributed by atoms with Crippen LogP contribution in [0.2, 0.25) is 0 Å². The highest BCUT2D eigenvalue weighted by Gasteiger charge is 2.28. The Morgan fingerprint density at radius 2 is 2.21 bits per heavy atom. The summed E-state index contributed by atoms with van der Waals surface area (Å²) in [6.45, 7) is 8.28. The van der Waals surface area contributed by atoms with Gasteiger partial charge in [-0.1, -0.05) is 6.92 Å². The number of hydrogen-bond donors (Lipinski definition) is 1. The second kappa shape index (κ2) is 5.23. The van der Waals surface area contributed by atoms with Crippen LogP contribution in [0, 0.1) is 5.92 Å². The molecule has 1 aliphatic rings. The molecule has 0 unspecified atom stereocenters. The molecule has 0 atom stereocenters. The van der Waals surface area contributed by atoms with Crippen molar-refractivity contribution in [1.29, 1.82) is 0 Å². The van der Waals surface area contributed by atoms with Crippen LogP contribution in [0.15, 0.2) is 12.5 Å². The van der Waals surface area contributed by atoms with Gasteiger partial charge in [0.1, 0.15) is 5.60 Å². The quantitative estimate of drug-likeness (QED) is 0.914. The first kappa shape index (κ1) is 13.9. The van der Waals surface area contributed by atoms with Crippen molar-refractivity contribution < 1.29 is 9.53 Å². The predicted molar refractivity (Wildman–Crippen MR) is 72.7 cm³/mol. The van der Waals surface area contributed by atoms with Crippen molar-refractivity contribution in [3.63, 3.8) is 0 Å². The van der Waals surface area contributed by atoms with E-state index in [-0.39, 0.29) is 6.09 Å². The molecule has 106 valence electrons. The number of alkyl carbamates (subject to hydrolysis) is 1. The Balaban J connectivity index is 1.87. The number of amides is 1. The van der Waals surface area contributed by atoms with Gasteiger partial charge in [-0.3, -0.25) is 0 Å². The molecule has 5 nitrogen and oxygen atoms in total. The Morgan fingerprint density at radius 3 is 2.79 bits per heavy atom. The molecule has 1 aliphatic carbocycles. The highest BCUT2D eigenvalue weighted by atomic mass is 16.6. The molecule has 1 aromatic heterocycles. The van der Waals surface area contributed by atoms with Crippen molar-refractivity contribution in [2.45, 2.75) is 58.7 Å². The summed E-state index contributed by atoms with van der Waals surface area (Å²) in [5.41, 5.74) is 0.566. The van der Waals surface area contributed by atoms with Gasteiger partial charge in [0.05, 0.1) is 18.6 Å². The number of ether oxygens (including phenoxy) is 1. The Kier molecular flexibility index (Phi) is 3.83. The maximum Gasteiger partial charge on any atom is 0.407 e. The number of rotatable bonds is 3. The van der Waals surface area contributed by atoms with Gasteiger partial charge >= 0.3 is 6.09 Å². The fourth-order valence-electron chi connectivity index (χ4n) is 2.36. The van der Waals surface area contributed by atoms with Crippen LogP contribution in [0.3, 0.4) is 0 Å². The van der Waals surface area contributed by atoms with Crippen LogP contribution in [-0.2, 0) is 11.3 Å². The number of carbonyl (C=O) groups excluding carboxylic acids is 1. The zero-order valence-electron chi connectivity index (χ0n) is 12.1. The van der Waals surface area contributed by atoms with E-state index in [0.717, 1.165) is 11.6 Å². The molecule has 1 amide bonds. The molecule has 0 aliphatic heterocycles. The third-order valence-corrected chi connectivity index (χ3v) is 3.30. The topological polar surface area (TPSA) is 56.2 Å². The highest BCUT2D eigenvalue weighted by Crippen LogP contribution is 2.37. The minimum atomic E-state index is -0.465. The van der Waals surface area contributed by atoms with E-state index in [1.165, 1.54) is 12.8 Å². The molecule has 1 saturated carbocycles. The molecule has 0 saturated heterocycles. The average Bonchev–Trinajstić information content (AvgIpc) is 2.67. The number of carbonyl (C=O) groups is 1. The standard InChI is InChI=1S/C14H23N3O2/c1-10-5-11(6-10)17-9-15-7-12(17)8-16-13(18)19-14(2,3)4/h7,9-11H,5-6,8H2,1-4H3,(H,16,18). The number of hydrogen-bond acceptors (Lipinski definition) is 3. The van der Waals surface area contributed by atoms with Crippen molar-refractivity contribution >= 4 is 6.09 Å². The van der Waals surface area contributed by atoms with Crippen LogP contribution in [0.5, 0.6) is 0 Å². The molecule has 0 bridgehead atoms. The molecule has 2 rings (SSSR count). The minimum absolute atomic E-state index is 0.387. The van der Waals surface area contributed by atoms with E-state index in [0.29, 0.717) is 12.6 Å². The van der Waals surface area contributed by atoms with Crippen LogP contribution in [0.25, 0.3) is 0 Å². The second-order valence-corrected chi connectivity index (χ2v) is 6.38. The largest absolute Gasteiger partial charge is 0.444 e. The molecule has 1 fully saturated rings. The molecule has 1 heterocycles. The highest BCUT2D eigenvalue weighted by molar-refractivity contribution is 5.67. The van der Waals surface area contributed by atoms with Crippen LogP contribution < -0.4 is 5.32 Å². The summed E-state index contributed by atoms with van der Waals surface area (Å²) in [6.07, 6.45) is 5.65. The van der Waals surface area contributed by atoms with Crippen molar-refractivity contribution in [2.75, 3.05) is 0 Å². The lowest BCUT2D eigenvalue weighted by Gasteiger charge is -2.34. The van der Waals surface area contributed by atoms with Crippen molar-refractivity contribution in [1.82, 2.24) is 14.9 Å². The van der Waals surface area contributed by atoms with Crippen LogP contribution in [0.1, 0.15) is 52.3 Å². The molecule has 1 N–H and O–H groups in total. The third kappa shape index (κ3) is 3.72. The van der Waals surface area contributed by atoms with Crippen LogP contribution >= 0.6 is 0 Å². The van der Waals surface area contributed by atoms with Crippen molar-refractivity contribution in [3.05, 3.63) is 18.2 Å². The Morgan fingerprint density at radius 1 is 1.53 bits per heavy atom. The van der Waals surface area contributed by atoms with E-state index in [9.17, 15) is 4.79 Å². The molecule has 0 aromatic carbocycles. The normalized spacial score (nSPS) is 22.7. The maximum atomic E-state index is 11.6. The summed E-state index contributed by atoms with van der Waals surface area (Å²) in [7, 11) is 0. The lowest BCUT2D eigenvalue weighted by atomic mass is 9.81. The second-order valence-electron chi connectivity index (χ2n) is 6.38. The molecular weight excluding hydrogens is 242 g/mol. The number of nitrogens with one attached hydrogen (secondary N) is 1. The average molecular weight is 265 g/mol. The lowest BCUT2D eigenvalue weighted by Crippen LogP contribution is -2.33. The number of aromatic nitrogens is 2. The fraction of sp³-hybridized carbons (Fsp3) is 0.714. The van der Waals surface area contributed by atoms with Gasteiger partial charge < -0.3 is 14.6 Å². The van der Waals surface area contributed by atoms with E-state index in [4.69, 9.17) is 4.74 Å². The van der Waals surface area contributed by atoms with E-state index < -0.39 is 5.60 Å². The Hall–Kier alpha value is -1.52. The van der Waals surface area contributed by atoms with Gasteiger partial charge in [0.15, 0.2) is 0 Å². The predicted octanol–water partition coefficient (Wildman–Crippen LogP) is 2.88. The smallest absolute Gasteiger partial charge is 0.407 e. The van der Waals surface area contributed by atoms with E-state index in [1.807, 2.05) is 27.1 Å². The zero-order chi connectivity index (χ0) is 14.0. The first-order chi connectivity index (χ1) is 8.85. The summed E-state index contributed by atoms with van der Waals surface area (Å²) in [6, 6.07) is 0.535. The first-order valence-corrected chi connectivity index (χ1v) is 6.82. The molecular formula is C14H23N3O2. The van der Waals surface area contributed by atoms with Gasteiger partial charge in [0, 0.05) is 12.2 Å². The monoisotopic (exact) mass is 265 g/mol. The molecule has 1 aromatic rings. The zero-order valence-corrected chi connectivity index (χ0v) is 12.1. The Labute approximate surface area is 114 Å². The molecule has 0 radical (unpaired) electrons. The number of imidazole rings is 1. The van der Waals surface area contributed by atoms with Gasteiger partial charge in [-0.2, -0.15) is 0 Å². The summed E-state index contributed by atoms with van der Waals surface area (Å²) >= 11 is 0. The SMILES string of the molecule is CC1CC(n2cncc2CNC(=O)OC(C)(C)C)C1. The maximum absolute atomic E-state index is 11.6. The summed E-state index contributed by atoms with van der Waals surface area (Å²) in [5, 5.41) is 2.77. The summed E-state index contributed by atoms with van der Waals surface area (Å²) in [4.78, 5) is 15.8. The third-order valence-electron chi connectivity index (χ3n) is 3.30. The Bertz CT molecular complexity index is 442. The fourth-order valence-corrected chi connectivity index (χ4v) is 2.36. The van der Waals surface area contributed by atoms with Gasteiger partial charge in [-0.15, -0.1) is 0 Å². The molecule has 0 spiro atoms. The first-order valence-electron chi connectivity index (χ1n) is 6.82. The molecule has 5 heteroatoms. The lowest BCUT2D eigenvalue weighted by molar-refractivity contribution is 0.0521.